The zero-order valence-corrected chi connectivity index (χ0v) is 9.17. The van der Waals surface area contributed by atoms with Gasteiger partial charge in [0.2, 0.25) is 5.91 Å². The highest BCUT2D eigenvalue weighted by Crippen LogP contribution is 2.29. The predicted molar refractivity (Wildman–Crippen MR) is 57.4 cm³/mol. The van der Waals surface area contributed by atoms with Crippen molar-refractivity contribution < 1.29 is 4.79 Å². The number of nitrogens with two attached hydrogens (primary N) is 1. The lowest BCUT2D eigenvalue weighted by atomic mass is 10.00. The van der Waals surface area contributed by atoms with Crippen LogP contribution in [0.4, 0.5) is 0 Å². The molecule has 0 radical (unpaired) electrons. The summed E-state index contributed by atoms with van der Waals surface area (Å²) in [6.07, 6.45) is 9.74. The van der Waals surface area contributed by atoms with Gasteiger partial charge in [-0.3, -0.25) is 9.80 Å². The minimum atomic E-state index is 0.0522. The molecule has 0 spiro atoms. The van der Waals surface area contributed by atoms with Gasteiger partial charge in [-0.25, -0.2) is 5.84 Å². The second kappa shape index (κ2) is 6.02. The maximum atomic E-state index is 11.1. The van der Waals surface area contributed by atoms with Gasteiger partial charge in [-0.15, -0.1) is 0 Å². The highest BCUT2D eigenvalue weighted by atomic mass is 16.2. The lowest BCUT2D eigenvalue weighted by molar-refractivity contribution is -0.130. The fraction of sp³-hybridized carbons (Fsp3) is 0.909. The maximum absolute atomic E-state index is 11.1. The van der Waals surface area contributed by atoms with E-state index in [4.69, 9.17) is 5.84 Å². The fourth-order valence-electron chi connectivity index (χ4n) is 2.18. The lowest BCUT2D eigenvalue weighted by Crippen LogP contribution is -2.32. The van der Waals surface area contributed by atoms with E-state index in [-0.39, 0.29) is 5.91 Å². The Balaban J connectivity index is 1.96. The number of hydrogen-bond acceptors (Lipinski definition) is 2. The molecule has 1 fully saturated rings. The van der Waals surface area contributed by atoms with Crippen molar-refractivity contribution in [3.8, 4) is 0 Å². The molecule has 1 amide bonds. The molecule has 1 aliphatic rings. The van der Waals surface area contributed by atoms with Crippen LogP contribution in [0.15, 0.2) is 0 Å². The van der Waals surface area contributed by atoms with Crippen LogP contribution in [0.25, 0.3) is 0 Å². The topological polar surface area (TPSA) is 46.3 Å². The van der Waals surface area contributed by atoms with Crippen LogP contribution in [0.3, 0.4) is 0 Å². The molecule has 1 rings (SSSR count). The second-order valence-corrected chi connectivity index (χ2v) is 4.40. The average molecular weight is 198 g/mol. The van der Waals surface area contributed by atoms with Gasteiger partial charge in [0.05, 0.1) is 0 Å². The van der Waals surface area contributed by atoms with E-state index in [0.29, 0.717) is 6.42 Å². The standard InChI is InChI=1S/C11H22N2O/c1-13(12)11(14)9-5-4-8-10-6-2-3-7-10/h10H,2-9,12H2,1H3. The monoisotopic (exact) mass is 198 g/mol. The smallest absolute Gasteiger partial charge is 0.236 e. The molecule has 0 saturated heterocycles. The minimum Gasteiger partial charge on any atom is -0.284 e. The number of carbonyl (C=O) groups excluding carboxylic acids is 1. The largest absolute Gasteiger partial charge is 0.284 e. The Labute approximate surface area is 86.6 Å². The van der Waals surface area contributed by atoms with Gasteiger partial charge in [-0.05, 0) is 12.3 Å². The van der Waals surface area contributed by atoms with Crippen molar-refractivity contribution in [3.63, 3.8) is 0 Å². The van der Waals surface area contributed by atoms with Gasteiger partial charge in [0, 0.05) is 13.5 Å². The van der Waals surface area contributed by atoms with E-state index in [9.17, 15) is 4.79 Å². The van der Waals surface area contributed by atoms with Gasteiger partial charge in [-0.1, -0.05) is 38.5 Å². The highest BCUT2D eigenvalue weighted by molar-refractivity contribution is 5.75. The Bertz CT molecular complexity index is 174. The number of hydrazine groups is 1. The first-order valence-electron chi connectivity index (χ1n) is 5.71. The number of hydrogen-bond donors (Lipinski definition) is 1. The lowest BCUT2D eigenvalue weighted by Gasteiger charge is -2.10. The summed E-state index contributed by atoms with van der Waals surface area (Å²) in [5.74, 6) is 6.32. The van der Waals surface area contributed by atoms with Crippen molar-refractivity contribution in [2.24, 2.45) is 11.8 Å². The summed E-state index contributed by atoms with van der Waals surface area (Å²) in [4.78, 5) is 11.1. The summed E-state index contributed by atoms with van der Waals surface area (Å²) in [5, 5.41) is 1.19. The minimum absolute atomic E-state index is 0.0522. The Morgan fingerprint density at radius 2 is 2.00 bits per heavy atom. The van der Waals surface area contributed by atoms with E-state index in [1.165, 1.54) is 43.5 Å². The first-order valence-corrected chi connectivity index (χ1v) is 5.71. The molecule has 0 aromatic carbocycles. The fourth-order valence-corrected chi connectivity index (χ4v) is 2.18. The Morgan fingerprint density at radius 1 is 1.36 bits per heavy atom. The van der Waals surface area contributed by atoms with Crippen molar-refractivity contribution in [3.05, 3.63) is 0 Å². The van der Waals surface area contributed by atoms with E-state index in [1.807, 2.05) is 0 Å². The van der Waals surface area contributed by atoms with Gasteiger partial charge in [0.15, 0.2) is 0 Å². The molecule has 0 aromatic rings. The molecule has 1 aliphatic carbocycles. The van der Waals surface area contributed by atoms with Gasteiger partial charge in [0.1, 0.15) is 0 Å². The summed E-state index contributed by atoms with van der Waals surface area (Å²) in [5.41, 5.74) is 0. The molecule has 3 nitrogen and oxygen atoms in total. The van der Waals surface area contributed by atoms with Crippen LogP contribution >= 0.6 is 0 Å². The van der Waals surface area contributed by atoms with Crippen LogP contribution in [0.2, 0.25) is 0 Å². The summed E-state index contributed by atoms with van der Waals surface area (Å²) < 4.78 is 0. The summed E-state index contributed by atoms with van der Waals surface area (Å²) in [6.45, 7) is 0. The van der Waals surface area contributed by atoms with Crippen LogP contribution in [-0.2, 0) is 4.79 Å². The first-order chi connectivity index (χ1) is 6.70. The number of carbonyl (C=O) groups is 1. The Kier molecular flexibility index (Phi) is 4.94. The third-order valence-corrected chi connectivity index (χ3v) is 3.12. The Hall–Kier alpha value is -0.570. The first kappa shape index (κ1) is 11.5. The van der Waals surface area contributed by atoms with Gasteiger partial charge < -0.3 is 0 Å². The van der Waals surface area contributed by atoms with E-state index < -0.39 is 0 Å². The van der Waals surface area contributed by atoms with Crippen LogP contribution in [0.5, 0.6) is 0 Å². The van der Waals surface area contributed by atoms with Crippen LogP contribution in [0, 0.1) is 5.92 Å². The molecule has 14 heavy (non-hydrogen) atoms. The van der Waals surface area contributed by atoms with Crippen LogP contribution < -0.4 is 5.84 Å². The number of nitrogens with zero attached hydrogens (tertiary/aromatic N) is 1. The number of rotatable bonds is 5. The molecular formula is C11H22N2O. The average Bonchev–Trinajstić information content (AvgIpc) is 2.64. The van der Waals surface area contributed by atoms with Crippen molar-refractivity contribution in [1.29, 1.82) is 0 Å². The van der Waals surface area contributed by atoms with E-state index in [0.717, 1.165) is 12.3 Å². The Morgan fingerprint density at radius 3 is 2.57 bits per heavy atom. The molecule has 0 atom stereocenters. The molecule has 3 heteroatoms. The molecule has 0 bridgehead atoms. The zero-order valence-electron chi connectivity index (χ0n) is 9.17. The van der Waals surface area contributed by atoms with Gasteiger partial charge in [0.25, 0.3) is 0 Å². The second-order valence-electron chi connectivity index (χ2n) is 4.40. The quantitative estimate of drug-likeness (QED) is 0.318. The SMILES string of the molecule is CN(N)C(=O)CCCCC1CCCC1. The maximum Gasteiger partial charge on any atom is 0.236 e. The van der Waals surface area contributed by atoms with Crippen LogP contribution in [-0.4, -0.2) is 18.0 Å². The molecule has 1 saturated carbocycles. The van der Waals surface area contributed by atoms with Crippen molar-refractivity contribution in [2.75, 3.05) is 7.05 Å². The summed E-state index contributed by atoms with van der Waals surface area (Å²) >= 11 is 0. The number of amides is 1. The summed E-state index contributed by atoms with van der Waals surface area (Å²) in [6, 6.07) is 0. The van der Waals surface area contributed by atoms with Gasteiger partial charge >= 0.3 is 0 Å². The number of unbranched alkanes of at least 4 members (excludes halogenated alkanes) is 1. The molecule has 0 unspecified atom stereocenters. The van der Waals surface area contributed by atoms with E-state index >= 15 is 0 Å². The van der Waals surface area contributed by atoms with Crippen LogP contribution in [0.1, 0.15) is 51.4 Å². The zero-order chi connectivity index (χ0) is 10.4. The predicted octanol–water partition coefficient (Wildman–Crippen LogP) is 2.07. The van der Waals surface area contributed by atoms with Gasteiger partial charge in [-0.2, -0.15) is 0 Å². The molecular weight excluding hydrogens is 176 g/mol. The van der Waals surface area contributed by atoms with Crippen molar-refractivity contribution >= 4 is 5.91 Å². The van der Waals surface area contributed by atoms with E-state index in [2.05, 4.69) is 0 Å². The highest BCUT2D eigenvalue weighted by Gasteiger charge is 2.14. The molecule has 2 N–H and O–H groups in total. The summed E-state index contributed by atoms with van der Waals surface area (Å²) in [7, 11) is 1.61. The third-order valence-electron chi connectivity index (χ3n) is 3.12. The normalized spacial score (nSPS) is 17.3. The van der Waals surface area contributed by atoms with Crippen molar-refractivity contribution in [2.45, 2.75) is 51.4 Å². The molecule has 0 heterocycles. The molecule has 0 aliphatic heterocycles. The van der Waals surface area contributed by atoms with Crippen molar-refractivity contribution in [1.82, 2.24) is 5.01 Å². The third kappa shape index (κ3) is 4.09. The molecule has 82 valence electrons. The van der Waals surface area contributed by atoms with E-state index in [1.54, 1.807) is 7.05 Å². The molecule has 0 aromatic heterocycles.